The molecule has 2 saturated heterocycles. The second-order valence-electron chi connectivity index (χ2n) is 12.0. The van der Waals surface area contributed by atoms with E-state index in [2.05, 4.69) is 20.8 Å². The molecular formula is C29H46O8. The van der Waals surface area contributed by atoms with Gasteiger partial charge in [-0.15, -0.1) is 0 Å². The summed E-state index contributed by atoms with van der Waals surface area (Å²) in [5.41, 5.74) is -0.236. The van der Waals surface area contributed by atoms with Gasteiger partial charge < -0.3 is 33.2 Å². The first kappa shape index (κ1) is 29.7. The second kappa shape index (κ2) is 12.3. The van der Waals surface area contributed by atoms with Crippen LogP contribution in [-0.4, -0.2) is 63.8 Å². The Balaban J connectivity index is 1.68. The Morgan fingerprint density at radius 1 is 0.730 bits per heavy atom. The summed E-state index contributed by atoms with van der Waals surface area (Å²) in [5, 5.41) is 0. The monoisotopic (exact) mass is 522 g/mol. The van der Waals surface area contributed by atoms with E-state index in [-0.39, 0.29) is 16.8 Å². The molecule has 0 bridgehead atoms. The lowest BCUT2D eigenvalue weighted by Crippen LogP contribution is -2.47. The van der Waals surface area contributed by atoms with E-state index in [4.69, 9.17) is 33.2 Å². The Morgan fingerprint density at radius 2 is 1.19 bits per heavy atom. The fraction of sp³-hybridized carbons (Fsp3) is 0.759. The van der Waals surface area contributed by atoms with Crippen molar-refractivity contribution in [2.75, 3.05) is 46.2 Å². The lowest BCUT2D eigenvalue weighted by atomic mass is 9.93. The third-order valence-corrected chi connectivity index (χ3v) is 6.59. The van der Waals surface area contributed by atoms with E-state index in [1.54, 1.807) is 18.2 Å². The summed E-state index contributed by atoms with van der Waals surface area (Å²) >= 11 is 0. The average Bonchev–Trinajstić information content (AvgIpc) is 2.86. The number of hydrogen-bond acceptors (Lipinski definition) is 8. The van der Waals surface area contributed by atoms with E-state index in [1.165, 1.54) is 0 Å². The molecule has 0 saturated carbocycles. The lowest BCUT2D eigenvalue weighted by Gasteiger charge is -2.41. The molecule has 1 aromatic rings. The molecule has 2 aliphatic rings. The fourth-order valence-electron chi connectivity index (χ4n) is 3.87. The van der Waals surface area contributed by atoms with Crippen LogP contribution in [0.2, 0.25) is 0 Å². The van der Waals surface area contributed by atoms with Gasteiger partial charge in [0.15, 0.2) is 11.6 Å². The molecule has 0 aromatic heterocycles. The molecule has 0 amide bonds. The Kier molecular flexibility index (Phi) is 9.89. The van der Waals surface area contributed by atoms with E-state index in [9.17, 15) is 4.79 Å². The molecule has 37 heavy (non-hydrogen) atoms. The van der Waals surface area contributed by atoms with Gasteiger partial charge in [0.2, 0.25) is 0 Å². The summed E-state index contributed by atoms with van der Waals surface area (Å²) in [4.78, 5) is 12.8. The Morgan fingerprint density at radius 3 is 1.62 bits per heavy atom. The molecule has 0 radical (unpaired) electrons. The van der Waals surface area contributed by atoms with Crippen molar-refractivity contribution in [1.82, 2.24) is 0 Å². The van der Waals surface area contributed by atoms with Gasteiger partial charge in [-0.3, -0.25) is 0 Å². The maximum Gasteiger partial charge on any atom is 0.338 e. The molecule has 2 fully saturated rings. The van der Waals surface area contributed by atoms with Gasteiger partial charge in [-0.1, -0.05) is 40.0 Å². The molecule has 2 heterocycles. The maximum absolute atomic E-state index is 12.8. The molecule has 0 atom stereocenters. The Hall–Kier alpha value is -1.87. The highest BCUT2D eigenvalue weighted by Crippen LogP contribution is 2.33. The highest BCUT2D eigenvalue weighted by Gasteiger charge is 2.38. The zero-order chi connectivity index (χ0) is 27.2. The maximum atomic E-state index is 12.8. The van der Waals surface area contributed by atoms with Crippen LogP contribution in [0.5, 0.6) is 11.5 Å². The van der Waals surface area contributed by atoms with Gasteiger partial charge in [0, 0.05) is 16.9 Å². The van der Waals surface area contributed by atoms with Crippen LogP contribution < -0.4 is 9.47 Å². The van der Waals surface area contributed by atoms with Crippen LogP contribution >= 0.6 is 0 Å². The second-order valence-corrected chi connectivity index (χ2v) is 12.0. The smallest absolute Gasteiger partial charge is 0.338 e. The van der Waals surface area contributed by atoms with Crippen molar-refractivity contribution in [3.05, 3.63) is 23.8 Å². The predicted molar refractivity (Wildman–Crippen MR) is 140 cm³/mol. The van der Waals surface area contributed by atoms with Gasteiger partial charge in [0.25, 0.3) is 0 Å². The average molecular weight is 523 g/mol. The molecule has 0 N–H and O–H groups in total. The SMILES string of the molecule is CCCCCCOC(=O)c1cc(OCC2(C)COC(C)(C)OC2)cc(OCC2(C)COC(C)(C)OC2)c1. The number of rotatable bonds is 12. The van der Waals surface area contributed by atoms with Gasteiger partial charge in [0.05, 0.1) is 51.8 Å². The highest BCUT2D eigenvalue weighted by atomic mass is 16.7. The number of unbranched alkanes of at least 4 members (excludes halogenated alkanes) is 3. The van der Waals surface area contributed by atoms with Crippen molar-refractivity contribution >= 4 is 5.97 Å². The fourth-order valence-corrected chi connectivity index (χ4v) is 3.87. The number of carbonyl (C=O) groups excluding carboxylic acids is 1. The van der Waals surface area contributed by atoms with Gasteiger partial charge >= 0.3 is 5.97 Å². The molecule has 210 valence electrons. The number of hydrogen-bond donors (Lipinski definition) is 0. The first-order chi connectivity index (χ1) is 17.3. The normalized spacial score (nSPS) is 21.7. The highest BCUT2D eigenvalue weighted by molar-refractivity contribution is 5.90. The summed E-state index contributed by atoms with van der Waals surface area (Å²) in [6, 6.07) is 5.21. The minimum Gasteiger partial charge on any atom is -0.493 e. The van der Waals surface area contributed by atoms with Crippen molar-refractivity contribution in [1.29, 1.82) is 0 Å². The van der Waals surface area contributed by atoms with Gasteiger partial charge in [-0.25, -0.2) is 4.79 Å². The molecule has 2 aliphatic heterocycles. The third kappa shape index (κ3) is 9.43. The Bertz CT molecular complexity index is 818. The summed E-state index contributed by atoms with van der Waals surface area (Å²) < 4.78 is 41.2. The van der Waals surface area contributed by atoms with Crippen LogP contribution in [0.4, 0.5) is 0 Å². The molecule has 0 spiro atoms. The van der Waals surface area contributed by atoms with E-state index < -0.39 is 11.6 Å². The first-order valence-corrected chi connectivity index (χ1v) is 13.5. The van der Waals surface area contributed by atoms with Gasteiger partial charge in [-0.05, 0) is 46.2 Å². The zero-order valence-corrected chi connectivity index (χ0v) is 23.8. The quantitative estimate of drug-likeness (QED) is 0.253. The number of benzene rings is 1. The van der Waals surface area contributed by atoms with E-state index >= 15 is 0 Å². The molecule has 3 rings (SSSR count). The molecule has 0 aliphatic carbocycles. The molecule has 8 nitrogen and oxygen atoms in total. The first-order valence-electron chi connectivity index (χ1n) is 13.5. The van der Waals surface area contributed by atoms with Crippen LogP contribution in [0.15, 0.2) is 18.2 Å². The van der Waals surface area contributed by atoms with E-state index in [0.717, 1.165) is 25.7 Å². The standard InChI is InChI=1S/C29H46O8/c1-8-9-10-11-12-31-25(30)22-13-23(32-16-28(6)18-34-26(2,3)35-19-28)15-24(14-22)33-17-29(7)20-36-27(4,5)37-21-29/h13-15H,8-12,16-21H2,1-7H3. The third-order valence-electron chi connectivity index (χ3n) is 6.59. The van der Waals surface area contributed by atoms with E-state index in [0.29, 0.717) is 63.3 Å². The largest absolute Gasteiger partial charge is 0.493 e. The van der Waals surface area contributed by atoms with Crippen molar-refractivity contribution < 1.29 is 38.0 Å². The zero-order valence-electron chi connectivity index (χ0n) is 23.8. The van der Waals surface area contributed by atoms with Crippen LogP contribution in [0.3, 0.4) is 0 Å². The minimum absolute atomic E-state index is 0.316. The molecular weight excluding hydrogens is 476 g/mol. The van der Waals surface area contributed by atoms with Crippen LogP contribution in [0, 0.1) is 10.8 Å². The summed E-state index contributed by atoms with van der Waals surface area (Å²) in [5.74, 6) is -0.521. The van der Waals surface area contributed by atoms with Crippen LogP contribution in [0.1, 0.15) is 84.5 Å². The van der Waals surface area contributed by atoms with Gasteiger partial charge in [0.1, 0.15) is 11.5 Å². The lowest BCUT2D eigenvalue weighted by molar-refractivity contribution is -0.285. The predicted octanol–water partition coefficient (Wildman–Crippen LogP) is 5.76. The number of ether oxygens (including phenoxy) is 7. The van der Waals surface area contributed by atoms with Crippen LogP contribution in [-0.2, 0) is 23.7 Å². The van der Waals surface area contributed by atoms with Crippen molar-refractivity contribution in [3.63, 3.8) is 0 Å². The number of carbonyl (C=O) groups is 1. The summed E-state index contributed by atoms with van der Waals surface area (Å²) in [7, 11) is 0. The molecule has 1 aromatic carbocycles. The summed E-state index contributed by atoms with van der Waals surface area (Å²) in [6.07, 6.45) is 4.15. The van der Waals surface area contributed by atoms with Crippen molar-refractivity contribution in [2.24, 2.45) is 10.8 Å². The Labute approximate surface area is 222 Å². The van der Waals surface area contributed by atoms with Crippen molar-refractivity contribution in [3.8, 4) is 11.5 Å². The number of esters is 1. The van der Waals surface area contributed by atoms with Crippen LogP contribution in [0.25, 0.3) is 0 Å². The minimum atomic E-state index is -0.598. The van der Waals surface area contributed by atoms with Gasteiger partial charge in [-0.2, -0.15) is 0 Å². The van der Waals surface area contributed by atoms with Crippen molar-refractivity contribution in [2.45, 2.75) is 85.7 Å². The van der Waals surface area contributed by atoms with E-state index in [1.807, 2.05) is 27.7 Å². The topological polar surface area (TPSA) is 81.7 Å². The molecule has 0 unspecified atom stereocenters. The summed E-state index contributed by atoms with van der Waals surface area (Å²) in [6.45, 7) is 17.0. The molecule has 8 heteroatoms.